The molecule has 1 atom stereocenters. The number of carbonyl (C=O) groups excluding carboxylic acids is 1. The number of hydrogen-bond donors (Lipinski definition) is 1. The molecule has 0 saturated carbocycles. The standard InChI is InChI=1S/C17H24N4O3/c1-13-12-20(11-8-18-13)17(22)14-6-9-19(10-7-14)15-4-2-3-5-16(15)21(23)24/h2-5,13-14,18H,6-12H2,1H3/t13-/m1/s1. The van der Waals surface area contributed by atoms with Crippen molar-refractivity contribution in [3.63, 3.8) is 0 Å². The maximum absolute atomic E-state index is 12.7. The molecule has 0 aliphatic carbocycles. The summed E-state index contributed by atoms with van der Waals surface area (Å²) in [7, 11) is 0. The van der Waals surface area contributed by atoms with Crippen LogP contribution >= 0.6 is 0 Å². The van der Waals surface area contributed by atoms with Crippen molar-refractivity contribution in [1.82, 2.24) is 10.2 Å². The highest BCUT2D eigenvalue weighted by atomic mass is 16.6. The summed E-state index contributed by atoms with van der Waals surface area (Å²) < 4.78 is 0. The largest absolute Gasteiger partial charge is 0.366 e. The van der Waals surface area contributed by atoms with E-state index in [1.807, 2.05) is 15.9 Å². The number of nitrogens with zero attached hydrogens (tertiary/aromatic N) is 3. The lowest BCUT2D eigenvalue weighted by molar-refractivity contribution is -0.384. The summed E-state index contributed by atoms with van der Waals surface area (Å²) in [6, 6.07) is 7.17. The Hall–Kier alpha value is -2.15. The van der Waals surface area contributed by atoms with Crippen LogP contribution in [0.4, 0.5) is 11.4 Å². The zero-order valence-corrected chi connectivity index (χ0v) is 14.0. The number of benzene rings is 1. The Labute approximate surface area is 141 Å². The molecule has 2 heterocycles. The van der Waals surface area contributed by atoms with Crippen LogP contribution in [0.15, 0.2) is 24.3 Å². The van der Waals surface area contributed by atoms with Crippen molar-refractivity contribution in [3.8, 4) is 0 Å². The van der Waals surface area contributed by atoms with Crippen molar-refractivity contribution in [1.29, 1.82) is 0 Å². The molecule has 1 aromatic rings. The molecule has 24 heavy (non-hydrogen) atoms. The molecule has 2 aliphatic heterocycles. The third-order valence-corrected chi connectivity index (χ3v) is 4.94. The van der Waals surface area contributed by atoms with Crippen molar-refractivity contribution in [2.45, 2.75) is 25.8 Å². The fourth-order valence-corrected chi connectivity index (χ4v) is 3.64. The first-order valence-electron chi connectivity index (χ1n) is 8.57. The van der Waals surface area contributed by atoms with Crippen LogP contribution in [0.25, 0.3) is 0 Å². The van der Waals surface area contributed by atoms with Gasteiger partial charge in [0.05, 0.1) is 4.92 Å². The Bertz CT molecular complexity index is 614. The minimum atomic E-state index is -0.339. The summed E-state index contributed by atoms with van der Waals surface area (Å²) in [5, 5.41) is 14.5. The van der Waals surface area contributed by atoms with E-state index in [4.69, 9.17) is 0 Å². The molecule has 7 heteroatoms. The number of nitro benzene ring substituents is 1. The highest BCUT2D eigenvalue weighted by Gasteiger charge is 2.31. The van der Waals surface area contributed by atoms with E-state index in [0.29, 0.717) is 24.8 Å². The fourth-order valence-electron chi connectivity index (χ4n) is 3.64. The highest BCUT2D eigenvalue weighted by molar-refractivity contribution is 5.79. The number of rotatable bonds is 3. The van der Waals surface area contributed by atoms with Gasteiger partial charge in [-0.25, -0.2) is 0 Å². The van der Waals surface area contributed by atoms with Gasteiger partial charge in [-0.15, -0.1) is 0 Å². The number of anilines is 1. The van der Waals surface area contributed by atoms with Crippen LogP contribution in [-0.4, -0.2) is 54.5 Å². The first kappa shape index (κ1) is 16.7. The number of nitro groups is 1. The van der Waals surface area contributed by atoms with Gasteiger partial charge in [-0.2, -0.15) is 0 Å². The monoisotopic (exact) mass is 332 g/mol. The Balaban J connectivity index is 1.62. The van der Waals surface area contributed by atoms with E-state index in [2.05, 4.69) is 12.2 Å². The molecule has 2 saturated heterocycles. The minimum absolute atomic E-state index is 0.0364. The molecule has 0 radical (unpaired) electrons. The van der Waals surface area contributed by atoms with Crippen LogP contribution in [0.5, 0.6) is 0 Å². The minimum Gasteiger partial charge on any atom is -0.366 e. The third-order valence-electron chi connectivity index (χ3n) is 4.94. The van der Waals surface area contributed by atoms with E-state index in [-0.39, 0.29) is 22.4 Å². The topological polar surface area (TPSA) is 78.7 Å². The van der Waals surface area contributed by atoms with Crippen molar-refractivity contribution in [2.75, 3.05) is 37.6 Å². The second-order valence-corrected chi connectivity index (χ2v) is 6.65. The van der Waals surface area contributed by atoms with Crippen molar-refractivity contribution in [3.05, 3.63) is 34.4 Å². The number of nitrogens with one attached hydrogen (secondary N) is 1. The van der Waals surface area contributed by atoms with Gasteiger partial charge in [-0.3, -0.25) is 14.9 Å². The average molecular weight is 332 g/mol. The van der Waals surface area contributed by atoms with Gasteiger partial charge in [-0.1, -0.05) is 12.1 Å². The number of piperidine rings is 1. The predicted molar refractivity (Wildman–Crippen MR) is 92.1 cm³/mol. The molecule has 1 N–H and O–H groups in total. The van der Waals surface area contributed by atoms with Crippen LogP contribution in [0.2, 0.25) is 0 Å². The summed E-state index contributed by atoms with van der Waals surface area (Å²) in [4.78, 5) is 27.5. The number of amides is 1. The Morgan fingerprint density at radius 2 is 1.96 bits per heavy atom. The van der Waals surface area contributed by atoms with Gasteiger partial charge >= 0.3 is 0 Å². The molecule has 2 fully saturated rings. The maximum Gasteiger partial charge on any atom is 0.292 e. The molecule has 3 rings (SSSR count). The number of para-hydroxylation sites is 2. The second-order valence-electron chi connectivity index (χ2n) is 6.65. The normalized spacial score (nSPS) is 22.5. The third kappa shape index (κ3) is 3.51. The van der Waals surface area contributed by atoms with Crippen LogP contribution in [-0.2, 0) is 4.79 Å². The second kappa shape index (κ2) is 7.17. The zero-order valence-electron chi connectivity index (χ0n) is 14.0. The molecular formula is C17H24N4O3. The van der Waals surface area contributed by atoms with Crippen LogP contribution in [0.3, 0.4) is 0 Å². The molecule has 0 unspecified atom stereocenters. The first-order valence-corrected chi connectivity index (χ1v) is 8.57. The Morgan fingerprint density at radius 3 is 2.62 bits per heavy atom. The highest BCUT2D eigenvalue weighted by Crippen LogP contribution is 2.31. The molecule has 1 amide bonds. The smallest absolute Gasteiger partial charge is 0.292 e. The molecule has 0 spiro atoms. The van der Waals surface area contributed by atoms with Gasteiger partial charge < -0.3 is 15.1 Å². The SMILES string of the molecule is C[C@@H]1CN(C(=O)C2CCN(c3ccccc3[N+](=O)[O-])CC2)CCN1. The summed E-state index contributed by atoms with van der Waals surface area (Å²) >= 11 is 0. The van der Waals surface area contributed by atoms with Crippen LogP contribution in [0.1, 0.15) is 19.8 Å². The van der Waals surface area contributed by atoms with Gasteiger partial charge in [0.1, 0.15) is 5.69 Å². The van der Waals surface area contributed by atoms with E-state index in [1.165, 1.54) is 6.07 Å². The van der Waals surface area contributed by atoms with Crippen molar-refractivity contribution < 1.29 is 9.72 Å². The van der Waals surface area contributed by atoms with Crippen LogP contribution < -0.4 is 10.2 Å². The molecule has 0 bridgehead atoms. The summed E-state index contributed by atoms with van der Waals surface area (Å²) in [5.41, 5.74) is 0.794. The Kier molecular flexibility index (Phi) is 4.99. The number of hydrogen-bond acceptors (Lipinski definition) is 5. The summed E-state index contributed by atoms with van der Waals surface area (Å²) in [5.74, 6) is 0.278. The molecule has 7 nitrogen and oxygen atoms in total. The lowest BCUT2D eigenvalue weighted by Gasteiger charge is -2.38. The van der Waals surface area contributed by atoms with Gasteiger partial charge in [0.2, 0.25) is 5.91 Å². The predicted octanol–water partition coefficient (Wildman–Crippen LogP) is 1.63. The van der Waals surface area contributed by atoms with E-state index < -0.39 is 0 Å². The van der Waals surface area contributed by atoms with E-state index >= 15 is 0 Å². The van der Waals surface area contributed by atoms with Gasteiger partial charge in [0.25, 0.3) is 5.69 Å². The fraction of sp³-hybridized carbons (Fsp3) is 0.588. The van der Waals surface area contributed by atoms with Crippen LogP contribution in [0, 0.1) is 16.0 Å². The van der Waals surface area contributed by atoms with Gasteiger partial charge in [0, 0.05) is 50.7 Å². The number of carbonyl (C=O) groups is 1. The van der Waals surface area contributed by atoms with E-state index in [0.717, 1.165) is 32.5 Å². The molecule has 1 aromatic carbocycles. The van der Waals surface area contributed by atoms with Crippen molar-refractivity contribution in [2.24, 2.45) is 5.92 Å². The zero-order chi connectivity index (χ0) is 17.1. The summed E-state index contributed by atoms with van der Waals surface area (Å²) in [6.07, 6.45) is 1.51. The lowest BCUT2D eigenvalue weighted by atomic mass is 9.94. The molecular weight excluding hydrogens is 308 g/mol. The quantitative estimate of drug-likeness (QED) is 0.672. The molecule has 130 valence electrons. The molecule has 0 aromatic heterocycles. The van der Waals surface area contributed by atoms with Crippen molar-refractivity contribution >= 4 is 17.3 Å². The lowest BCUT2D eigenvalue weighted by Crippen LogP contribution is -2.53. The van der Waals surface area contributed by atoms with E-state index in [9.17, 15) is 14.9 Å². The summed E-state index contributed by atoms with van der Waals surface area (Å²) in [6.45, 7) is 5.85. The average Bonchev–Trinajstić information content (AvgIpc) is 2.61. The molecule has 2 aliphatic rings. The number of piperazine rings is 1. The maximum atomic E-state index is 12.7. The first-order chi connectivity index (χ1) is 11.6. The van der Waals surface area contributed by atoms with E-state index in [1.54, 1.807) is 12.1 Å². The van der Waals surface area contributed by atoms with Gasteiger partial charge in [-0.05, 0) is 25.8 Å². The van der Waals surface area contributed by atoms with Gasteiger partial charge in [0.15, 0.2) is 0 Å². The Morgan fingerprint density at radius 1 is 1.25 bits per heavy atom.